The molecule has 1 saturated heterocycles. The summed E-state index contributed by atoms with van der Waals surface area (Å²) in [5, 5.41) is 10.1. The number of fused-ring (bicyclic) bond motifs is 4. The first kappa shape index (κ1) is 19.8. The average Bonchev–Trinajstić information content (AvgIpc) is 3.13. The Morgan fingerprint density at radius 3 is 2.61 bits per heavy atom. The van der Waals surface area contributed by atoms with E-state index in [9.17, 15) is 14.4 Å². The van der Waals surface area contributed by atoms with E-state index in [2.05, 4.69) is 20.9 Å². The van der Waals surface area contributed by atoms with Crippen LogP contribution in [0.1, 0.15) is 29.3 Å². The predicted octanol–water partition coefficient (Wildman–Crippen LogP) is 3.09. The number of nitrogens with zero attached hydrogens (tertiary/aromatic N) is 2. The van der Waals surface area contributed by atoms with Crippen LogP contribution in [0.4, 0.5) is 0 Å². The Morgan fingerprint density at radius 1 is 1.13 bits per heavy atom. The second-order valence-corrected chi connectivity index (χ2v) is 8.86. The predicted molar refractivity (Wildman–Crippen MR) is 117 cm³/mol. The lowest BCUT2D eigenvalue weighted by Gasteiger charge is -2.47. The third-order valence-corrected chi connectivity index (χ3v) is 6.65. The minimum atomic E-state index is -0.988. The molecule has 0 spiro atoms. The quantitative estimate of drug-likeness (QED) is 0.598. The van der Waals surface area contributed by atoms with Gasteiger partial charge in [-0.1, -0.05) is 46.3 Å². The number of rotatable bonds is 4. The molecule has 3 heterocycles. The van der Waals surface area contributed by atoms with Gasteiger partial charge in [-0.25, -0.2) is 0 Å². The summed E-state index contributed by atoms with van der Waals surface area (Å²) in [5.74, 6) is -1.36. The summed E-state index contributed by atoms with van der Waals surface area (Å²) >= 11 is 3.46. The lowest BCUT2D eigenvalue weighted by Crippen LogP contribution is -2.63. The Morgan fingerprint density at radius 2 is 1.87 bits per heavy atom. The molecule has 1 aromatic heterocycles. The summed E-state index contributed by atoms with van der Waals surface area (Å²) < 4.78 is 0.932. The number of H-pyrrole nitrogens is 1. The van der Waals surface area contributed by atoms with E-state index in [0.717, 1.165) is 32.2 Å². The molecule has 0 saturated carbocycles. The average molecular weight is 482 g/mol. The maximum Gasteiger partial charge on any atom is 0.305 e. The highest BCUT2D eigenvalue weighted by atomic mass is 79.9. The van der Waals surface area contributed by atoms with E-state index < -0.39 is 18.1 Å². The number of carboxylic acid groups (broad SMARTS) is 1. The van der Waals surface area contributed by atoms with Crippen molar-refractivity contribution >= 4 is 44.6 Å². The Kier molecular flexibility index (Phi) is 4.81. The number of aliphatic carboxylic acids is 1. The number of carbonyl (C=O) groups is 3. The van der Waals surface area contributed by atoms with Gasteiger partial charge in [-0.2, -0.15) is 0 Å². The number of piperazine rings is 1. The molecule has 5 rings (SSSR count). The first-order valence-electron chi connectivity index (χ1n) is 10.1. The van der Waals surface area contributed by atoms with Gasteiger partial charge >= 0.3 is 5.97 Å². The number of amides is 2. The topological polar surface area (TPSA) is 93.7 Å². The van der Waals surface area contributed by atoms with Crippen LogP contribution >= 0.6 is 15.9 Å². The monoisotopic (exact) mass is 481 g/mol. The van der Waals surface area contributed by atoms with Gasteiger partial charge < -0.3 is 19.9 Å². The number of benzene rings is 2. The zero-order chi connectivity index (χ0) is 21.7. The maximum atomic E-state index is 13.3. The van der Waals surface area contributed by atoms with Crippen LogP contribution in [-0.4, -0.2) is 56.8 Å². The van der Waals surface area contributed by atoms with E-state index in [1.807, 2.05) is 48.5 Å². The first-order chi connectivity index (χ1) is 14.9. The van der Waals surface area contributed by atoms with Crippen molar-refractivity contribution < 1.29 is 19.5 Å². The molecular formula is C23H20BrN3O4. The summed E-state index contributed by atoms with van der Waals surface area (Å²) in [6.45, 7) is -0.0703. The van der Waals surface area contributed by atoms with E-state index >= 15 is 0 Å². The Balaban J connectivity index is 1.64. The van der Waals surface area contributed by atoms with Crippen LogP contribution in [0.15, 0.2) is 53.0 Å². The minimum absolute atomic E-state index is 0.0357. The lowest BCUT2D eigenvalue weighted by molar-refractivity contribution is -0.159. The maximum absolute atomic E-state index is 13.3. The van der Waals surface area contributed by atoms with Gasteiger partial charge in [-0.05, 0) is 29.3 Å². The van der Waals surface area contributed by atoms with Gasteiger partial charge in [0.05, 0.1) is 19.0 Å². The van der Waals surface area contributed by atoms with Gasteiger partial charge in [-0.3, -0.25) is 14.4 Å². The summed E-state index contributed by atoms with van der Waals surface area (Å²) in [7, 11) is 0. The fourth-order valence-corrected chi connectivity index (χ4v) is 5.00. The molecular weight excluding hydrogens is 462 g/mol. The van der Waals surface area contributed by atoms with E-state index in [1.54, 1.807) is 4.90 Å². The van der Waals surface area contributed by atoms with E-state index in [4.69, 9.17) is 5.11 Å². The van der Waals surface area contributed by atoms with Crippen molar-refractivity contribution in [2.24, 2.45) is 0 Å². The van der Waals surface area contributed by atoms with Gasteiger partial charge in [0.25, 0.3) is 0 Å². The third kappa shape index (κ3) is 3.31. The van der Waals surface area contributed by atoms with Crippen LogP contribution in [0.5, 0.6) is 0 Å². The molecule has 1 fully saturated rings. The number of carbonyl (C=O) groups excluding carboxylic acids is 2. The van der Waals surface area contributed by atoms with Crippen LogP contribution in [-0.2, 0) is 20.8 Å². The van der Waals surface area contributed by atoms with Crippen LogP contribution in [0.25, 0.3) is 10.9 Å². The van der Waals surface area contributed by atoms with Gasteiger partial charge in [0.1, 0.15) is 6.04 Å². The molecule has 2 aliphatic heterocycles. The molecule has 8 heteroatoms. The van der Waals surface area contributed by atoms with Crippen molar-refractivity contribution in [3.05, 3.63) is 69.8 Å². The third-order valence-electron chi connectivity index (χ3n) is 6.12. The molecule has 2 amide bonds. The van der Waals surface area contributed by atoms with Gasteiger partial charge in [-0.15, -0.1) is 0 Å². The number of aromatic nitrogens is 1. The Labute approximate surface area is 186 Å². The molecule has 3 aromatic rings. The first-order valence-corrected chi connectivity index (χ1v) is 10.9. The molecule has 0 aliphatic carbocycles. The highest BCUT2D eigenvalue weighted by molar-refractivity contribution is 9.10. The number of aromatic amines is 1. The standard InChI is InChI=1S/C23H20BrN3O4/c24-14-7-5-13(6-8-14)22-21-16(15-3-1-2-4-17(15)25-21)11-18-23(31)26(10-9-20(29)30)12-19(28)27(18)22/h1-8,18,22,25H,9-12H2,(H,29,30)/t18-,22-/m1/s1. The van der Waals surface area contributed by atoms with Crippen molar-refractivity contribution in [3.8, 4) is 0 Å². The van der Waals surface area contributed by atoms with Crippen molar-refractivity contribution in [1.82, 2.24) is 14.8 Å². The summed E-state index contributed by atoms with van der Waals surface area (Å²) in [6, 6.07) is 14.6. The molecule has 158 valence electrons. The van der Waals surface area contributed by atoms with E-state index in [0.29, 0.717) is 6.42 Å². The minimum Gasteiger partial charge on any atom is -0.481 e. The van der Waals surface area contributed by atoms with Crippen molar-refractivity contribution in [1.29, 1.82) is 0 Å². The van der Waals surface area contributed by atoms with E-state index in [-0.39, 0.29) is 31.3 Å². The molecule has 2 aromatic carbocycles. The van der Waals surface area contributed by atoms with Crippen molar-refractivity contribution in [3.63, 3.8) is 0 Å². The molecule has 2 aliphatic rings. The van der Waals surface area contributed by atoms with Crippen molar-refractivity contribution in [2.45, 2.75) is 24.9 Å². The molecule has 0 bridgehead atoms. The smallest absolute Gasteiger partial charge is 0.305 e. The number of halogens is 1. The summed E-state index contributed by atoms with van der Waals surface area (Å²) in [6.07, 6.45) is 0.223. The zero-order valence-electron chi connectivity index (χ0n) is 16.5. The van der Waals surface area contributed by atoms with Crippen LogP contribution in [0.2, 0.25) is 0 Å². The van der Waals surface area contributed by atoms with Crippen molar-refractivity contribution in [2.75, 3.05) is 13.1 Å². The largest absolute Gasteiger partial charge is 0.481 e. The number of hydrogen-bond donors (Lipinski definition) is 2. The summed E-state index contributed by atoms with van der Waals surface area (Å²) in [5.41, 5.74) is 3.85. The normalized spacial score (nSPS) is 20.7. The van der Waals surface area contributed by atoms with E-state index in [1.165, 1.54) is 4.90 Å². The SMILES string of the molecule is O=C(O)CCN1CC(=O)N2[C@H](c3ccc(Br)cc3)c3[nH]c4ccccc4c3C[C@@H]2C1=O. The summed E-state index contributed by atoms with van der Waals surface area (Å²) in [4.78, 5) is 44.2. The number of carboxylic acids is 1. The Hall–Kier alpha value is -3.13. The zero-order valence-corrected chi connectivity index (χ0v) is 18.1. The Bertz CT molecular complexity index is 1200. The second-order valence-electron chi connectivity index (χ2n) is 7.94. The van der Waals surface area contributed by atoms with Gasteiger partial charge in [0.15, 0.2) is 0 Å². The lowest BCUT2D eigenvalue weighted by atomic mass is 9.86. The number of hydrogen-bond acceptors (Lipinski definition) is 3. The fourth-order valence-electron chi connectivity index (χ4n) is 4.73. The van der Waals surface area contributed by atoms with Crippen LogP contribution in [0.3, 0.4) is 0 Å². The van der Waals surface area contributed by atoms with Crippen LogP contribution in [0, 0.1) is 0 Å². The van der Waals surface area contributed by atoms with Crippen LogP contribution < -0.4 is 0 Å². The van der Waals surface area contributed by atoms with Gasteiger partial charge in [0.2, 0.25) is 11.8 Å². The molecule has 0 unspecified atom stereocenters. The molecule has 2 N–H and O–H groups in total. The molecule has 31 heavy (non-hydrogen) atoms. The highest BCUT2D eigenvalue weighted by Crippen LogP contribution is 2.42. The number of para-hydroxylation sites is 1. The molecule has 7 nitrogen and oxygen atoms in total. The number of nitrogens with one attached hydrogen (secondary N) is 1. The second kappa shape index (κ2) is 7.53. The van der Waals surface area contributed by atoms with Gasteiger partial charge in [0, 0.05) is 34.0 Å². The highest BCUT2D eigenvalue weighted by Gasteiger charge is 2.48. The molecule has 2 atom stereocenters. The fraction of sp³-hybridized carbons (Fsp3) is 0.261. The molecule has 0 radical (unpaired) electrons.